The molecule has 1 aliphatic rings. The van der Waals surface area contributed by atoms with Gasteiger partial charge in [-0.25, -0.2) is 13.4 Å². The Kier molecular flexibility index (Phi) is 3.05. The molecule has 2 N–H and O–H groups in total. The number of H-pyrrole nitrogens is 1. The predicted molar refractivity (Wildman–Crippen MR) is 89.7 cm³/mol. The lowest BCUT2D eigenvalue weighted by Gasteiger charge is -2.09. The maximum absolute atomic E-state index is 11.5. The molecule has 22 heavy (non-hydrogen) atoms. The van der Waals surface area contributed by atoms with Crippen LogP contribution in [-0.2, 0) is 9.84 Å². The first-order valence-electron chi connectivity index (χ1n) is 6.81. The highest BCUT2D eigenvalue weighted by Gasteiger charge is 2.22. The van der Waals surface area contributed by atoms with Crippen molar-refractivity contribution in [3.05, 3.63) is 47.2 Å². The molecular formula is C15H13N3O2S2. The van der Waals surface area contributed by atoms with E-state index >= 15 is 0 Å². The van der Waals surface area contributed by atoms with Gasteiger partial charge >= 0.3 is 0 Å². The molecular weight excluding hydrogens is 318 g/mol. The molecule has 112 valence electrons. The number of nitrogens with one attached hydrogen (secondary N) is 2. The number of benzene rings is 1. The second-order valence-corrected chi connectivity index (χ2v) is 7.98. The second kappa shape index (κ2) is 4.96. The van der Waals surface area contributed by atoms with Gasteiger partial charge in [0.25, 0.3) is 0 Å². The Morgan fingerprint density at radius 2 is 2.09 bits per heavy atom. The number of anilines is 1. The SMILES string of the molecule is O=S1(=O)C=CC(Nc2csc3nc(-c4ccccc4)[nH]c23)C1. The number of aromatic amines is 1. The van der Waals surface area contributed by atoms with E-state index in [0.29, 0.717) is 0 Å². The highest BCUT2D eigenvalue weighted by atomic mass is 32.2. The van der Waals surface area contributed by atoms with E-state index in [9.17, 15) is 8.42 Å². The van der Waals surface area contributed by atoms with Gasteiger partial charge in [0.15, 0.2) is 9.84 Å². The molecule has 2 aromatic heterocycles. The van der Waals surface area contributed by atoms with Crippen molar-refractivity contribution in [2.24, 2.45) is 0 Å². The number of rotatable bonds is 3. The van der Waals surface area contributed by atoms with E-state index in [1.165, 1.54) is 16.7 Å². The molecule has 0 fully saturated rings. The van der Waals surface area contributed by atoms with Crippen LogP contribution in [0.15, 0.2) is 47.2 Å². The van der Waals surface area contributed by atoms with Crippen LogP contribution >= 0.6 is 11.3 Å². The highest BCUT2D eigenvalue weighted by molar-refractivity contribution is 7.94. The van der Waals surface area contributed by atoms with Crippen LogP contribution in [0, 0.1) is 0 Å². The van der Waals surface area contributed by atoms with Crippen LogP contribution in [0.2, 0.25) is 0 Å². The van der Waals surface area contributed by atoms with Gasteiger partial charge in [-0.3, -0.25) is 0 Å². The van der Waals surface area contributed by atoms with Crippen molar-refractivity contribution < 1.29 is 8.42 Å². The zero-order chi connectivity index (χ0) is 15.2. The fourth-order valence-corrected chi connectivity index (χ4v) is 4.58. The Balaban J connectivity index is 1.66. The minimum absolute atomic E-state index is 0.101. The van der Waals surface area contributed by atoms with E-state index in [1.54, 1.807) is 6.08 Å². The molecule has 0 bridgehead atoms. The summed E-state index contributed by atoms with van der Waals surface area (Å²) in [5, 5.41) is 6.49. The highest BCUT2D eigenvalue weighted by Crippen LogP contribution is 2.32. The first-order valence-corrected chi connectivity index (χ1v) is 9.40. The van der Waals surface area contributed by atoms with Crippen LogP contribution < -0.4 is 5.32 Å². The molecule has 0 saturated heterocycles. The Morgan fingerprint density at radius 3 is 2.82 bits per heavy atom. The topological polar surface area (TPSA) is 74.8 Å². The maximum Gasteiger partial charge on any atom is 0.173 e. The summed E-state index contributed by atoms with van der Waals surface area (Å²) in [6.07, 6.45) is 1.69. The van der Waals surface area contributed by atoms with Crippen molar-refractivity contribution in [1.82, 2.24) is 9.97 Å². The molecule has 1 aliphatic heterocycles. The number of fused-ring (bicyclic) bond motifs is 1. The van der Waals surface area contributed by atoms with Crippen molar-refractivity contribution >= 4 is 37.2 Å². The molecule has 7 heteroatoms. The third kappa shape index (κ3) is 2.42. The molecule has 1 aromatic carbocycles. The fraction of sp³-hybridized carbons (Fsp3) is 0.133. The van der Waals surface area contributed by atoms with E-state index in [1.807, 2.05) is 35.7 Å². The lowest BCUT2D eigenvalue weighted by atomic mass is 10.2. The normalized spacial score (nSPS) is 19.7. The summed E-state index contributed by atoms with van der Waals surface area (Å²) >= 11 is 1.53. The van der Waals surface area contributed by atoms with Crippen molar-refractivity contribution in [2.45, 2.75) is 6.04 Å². The smallest absolute Gasteiger partial charge is 0.173 e. The monoisotopic (exact) mass is 331 g/mol. The first kappa shape index (κ1) is 13.5. The van der Waals surface area contributed by atoms with Crippen LogP contribution in [0.4, 0.5) is 5.69 Å². The zero-order valence-electron chi connectivity index (χ0n) is 11.5. The molecule has 4 rings (SSSR count). The van der Waals surface area contributed by atoms with Crippen molar-refractivity contribution in [3.63, 3.8) is 0 Å². The van der Waals surface area contributed by atoms with Gasteiger partial charge in [0, 0.05) is 16.4 Å². The summed E-state index contributed by atoms with van der Waals surface area (Å²) in [7, 11) is -3.06. The van der Waals surface area contributed by atoms with Crippen molar-refractivity contribution in [2.75, 3.05) is 11.1 Å². The molecule has 1 atom stereocenters. The molecule has 1 unspecified atom stereocenters. The molecule has 0 aliphatic carbocycles. The van der Waals surface area contributed by atoms with E-state index in [-0.39, 0.29) is 11.8 Å². The minimum Gasteiger partial charge on any atom is -0.375 e. The fourth-order valence-electron chi connectivity index (χ4n) is 2.50. The zero-order valence-corrected chi connectivity index (χ0v) is 13.1. The van der Waals surface area contributed by atoms with Gasteiger partial charge in [0.1, 0.15) is 16.2 Å². The number of sulfone groups is 1. The molecule has 0 saturated carbocycles. The average molecular weight is 331 g/mol. The molecule has 3 aromatic rings. The van der Waals surface area contributed by atoms with Gasteiger partial charge in [-0.1, -0.05) is 36.4 Å². The quantitative estimate of drug-likeness (QED) is 0.773. The molecule has 5 nitrogen and oxygen atoms in total. The van der Waals surface area contributed by atoms with Crippen molar-refractivity contribution in [1.29, 1.82) is 0 Å². The van der Waals surface area contributed by atoms with E-state index < -0.39 is 9.84 Å². The van der Waals surface area contributed by atoms with Gasteiger partial charge < -0.3 is 10.3 Å². The van der Waals surface area contributed by atoms with Crippen LogP contribution in [-0.4, -0.2) is 30.2 Å². The predicted octanol–water partition coefficient (Wildman–Crippen LogP) is 3.01. The summed E-state index contributed by atoms with van der Waals surface area (Å²) < 4.78 is 23.0. The number of nitrogens with zero attached hydrogens (tertiary/aromatic N) is 1. The summed E-state index contributed by atoms with van der Waals surface area (Å²) in [5.41, 5.74) is 2.84. The molecule has 0 radical (unpaired) electrons. The number of aromatic nitrogens is 2. The largest absolute Gasteiger partial charge is 0.375 e. The first-order chi connectivity index (χ1) is 10.6. The van der Waals surface area contributed by atoms with Gasteiger partial charge in [-0.15, -0.1) is 11.3 Å². The Labute approximate surface area is 131 Å². The second-order valence-electron chi connectivity index (χ2n) is 5.19. The number of thiophene rings is 1. The third-order valence-electron chi connectivity index (χ3n) is 3.55. The van der Waals surface area contributed by atoms with Crippen LogP contribution in [0.5, 0.6) is 0 Å². The van der Waals surface area contributed by atoms with Crippen LogP contribution in [0.25, 0.3) is 21.7 Å². The standard InChI is InChI=1S/C15H13N3O2S2/c19-22(20)7-6-11(9-22)16-12-8-21-15-13(12)17-14(18-15)10-4-2-1-3-5-10/h1-8,11,16H,9H2,(H,17,18). The number of hydrogen-bond acceptors (Lipinski definition) is 5. The number of hydrogen-bond donors (Lipinski definition) is 2. The van der Waals surface area contributed by atoms with Gasteiger partial charge in [0.2, 0.25) is 0 Å². The summed E-state index contributed by atoms with van der Waals surface area (Å²) in [6.45, 7) is 0. The molecule has 0 amide bonds. The molecule has 0 spiro atoms. The maximum atomic E-state index is 11.5. The van der Waals surface area contributed by atoms with E-state index in [0.717, 1.165) is 27.4 Å². The van der Waals surface area contributed by atoms with Crippen molar-refractivity contribution in [3.8, 4) is 11.4 Å². The van der Waals surface area contributed by atoms with Gasteiger partial charge in [0.05, 0.1) is 17.5 Å². The van der Waals surface area contributed by atoms with Gasteiger partial charge in [-0.2, -0.15) is 0 Å². The minimum atomic E-state index is -3.06. The Hall–Kier alpha value is -2.12. The van der Waals surface area contributed by atoms with Crippen LogP contribution in [0.1, 0.15) is 0 Å². The lowest BCUT2D eigenvalue weighted by Crippen LogP contribution is -2.20. The summed E-state index contributed by atoms with van der Waals surface area (Å²) in [4.78, 5) is 8.82. The summed E-state index contributed by atoms with van der Waals surface area (Å²) in [5.74, 6) is 0.921. The van der Waals surface area contributed by atoms with E-state index in [2.05, 4.69) is 15.3 Å². The number of imidazole rings is 1. The Bertz CT molecular complexity index is 955. The van der Waals surface area contributed by atoms with Gasteiger partial charge in [-0.05, 0) is 0 Å². The average Bonchev–Trinajstić information content (AvgIpc) is 3.16. The van der Waals surface area contributed by atoms with Crippen LogP contribution in [0.3, 0.4) is 0 Å². The lowest BCUT2D eigenvalue weighted by molar-refractivity contribution is 0.605. The Morgan fingerprint density at radius 1 is 1.27 bits per heavy atom. The summed E-state index contributed by atoms with van der Waals surface area (Å²) in [6, 6.07) is 9.72. The van der Waals surface area contributed by atoms with E-state index in [4.69, 9.17) is 0 Å². The molecule has 3 heterocycles. The third-order valence-corrected chi connectivity index (χ3v) is 5.81.